The van der Waals surface area contributed by atoms with E-state index in [4.69, 9.17) is 5.73 Å². The summed E-state index contributed by atoms with van der Waals surface area (Å²) in [6.45, 7) is 1.72. The molecule has 2 amide bonds. The number of primary amides is 1. The number of benzene rings is 2. The molecule has 2 aromatic carbocycles. The first-order chi connectivity index (χ1) is 21.2. The van der Waals surface area contributed by atoms with Crippen LogP contribution in [0, 0.1) is 23.4 Å². The molecule has 3 N–H and O–H groups in total. The zero-order valence-corrected chi connectivity index (χ0v) is 23.8. The van der Waals surface area contributed by atoms with E-state index in [-0.39, 0.29) is 34.4 Å². The van der Waals surface area contributed by atoms with Crippen molar-refractivity contribution < 1.29 is 40.3 Å². The number of carbonyl (C=O) groups is 2. The lowest BCUT2D eigenvalue weighted by atomic mass is 9.94. The summed E-state index contributed by atoms with van der Waals surface area (Å²) in [7, 11) is 0. The number of alkyl halides is 4. The third-order valence-electron chi connectivity index (χ3n) is 8.02. The quantitative estimate of drug-likeness (QED) is 0.210. The van der Waals surface area contributed by atoms with Crippen molar-refractivity contribution in [3.05, 3.63) is 106 Å². The van der Waals surface area contributed by atoms with E-state index in [1.165, 1.54) is 44.3 Å². The minimum atomic E-state index is -3.55. The molecule has 0 spiro atoms. The van der Waals surface area contributed by atoms with Crippen molar-refractivity contribution in [3.63, 3.8) is 0 Å². The lowest BCUT2D eigenvalue weighted by Crippen LogP contribution is -2.35. The van der Waals surface area contributed by atoms with Crippen LogP contribution in [0.15, 0.2) is 54.7 Å². The Hall–Kier alpha value is -4.75. The average Bonchev–Trinajstić information content (AvgIpc) is 3.43. The Kier molecular flexibility index (Phi) is 8.43. The first-order valence-electron chi connectivity index (χ1n) is 13.7. The Labute approximate surface area is 252 Å². The number of hydrogen-bond donors (Lipinski definition) is 2. The Morgan fingerprint density at radius 3 is 2.36 bits per heavy atom. The molecule has 1 unspecified atom stereocenters. The molecule has 0 aliphatic heterocycles. The van der Waals surface area contributed by atoms with Crippen LogP contribution in [0.1, 0.15) is 70.8 Å². The number of nitrogens with one attached hydrogen (secondary N) is 1. The van der Waals surface area contributed by atoms with Gasteiger partial charge in [0.15, 0.2) is 0 Å². The first-order valence-corrected chi connectivity index (χ1v) is 13.7. The van der Waals surface area contributed by atoms with Gasteiger partial charge in [-0.3, -0.25) is 19.3 Å². The van der Waals surface area contributed by atoms with Crippen molar-refractivity contribution in [3.8, 4) is 11.1 Å². The van der Waals surface area contributed by atoms with Crippen LogP contribution in [0.25, 0.3) is 11.1 Å². The highest BCUT2D eigenvalue weighted by molar-refractivity contribution is 5.94. The maximum absolute atomic E-state index is 15.2. The maximum atomic E-state index is 15.2. The molecule has 0 saturated carbocycles. The van der Waals surface area contributed by atoms with E-state index in [2.05, 4.69) is 15.4 Å². The lowest BCUT2D eigenvalue weighted by molar-refractivity contribution is -0.123. The number of hydrogen-bond acceptors (Lipinski definition) is 4. The van der Waals surface area contributed by atoms with Crippen LogP contribution in [0.3, 0.4) is 0 Å². The van der Waals surface area contributed by atoms with Crippen molar-refractivity contribution in [2.75, 3.05) is 0 Å². The summed E-state index contributed by atoms with van der Waals surface area (Å²) in [5.41, 5.74) is 3.65. The molecule has 7 nitrogen and oxygen atoms in total. The summed E-state index contributed by atoms with van der Waals surface area (Å²) in [4.78, 5) is 29.5. The smallest absolute Gasteiger partial charge is 0.292 e. The molecule has 0 fully saturated rings. The minimum Gasteiger partial charge on any atom is -0.366 e. The van der Waals surface area contributed by atoms with Crippen molar-refractivity contribution in [1.82, 2.24) is 20.1 Å². The predicted molar refractivity (Wildman–Crippen MR) is 148 cm³/mol. The first kappa shape index (κ1) is 31.7. The number of nitrogens with two attached hydrogens (primary N) is 1. The molecule has 0 radical (unpaired) electrons. The van der Waals surface area contributed by atoms with Crippen molar-refractivity contribution in [2.45, 2.75) is 51.1 Å². The number of rotatable bonds is 9. The Bertz CT molecular complexity index is 1770. The van der Waals surface area contributed by atoms with Gasteiger partial charge in [-0.25, -0.2) is 22.0 Å². The Morgan fingerprint density at radius 2 is 1.71 bits per heavy atom. The zero-order valence-electron chi connectivity index (χ0n) is 23.8. The van der Waals surface area contributed by atoms with Gasteiger partial charge in [0, 0.05) is 29.3 Å². The molecule has 1 aliphatic carbocycles. The molecule has 236 valence electrons. The molecular formula is C31H26F7N5O2. The highest BCUT2D eigenvalue weighted by atomic mass is 19.3. The topological polar surface area (TPSA) is 103 Å². The van der Waals surface area contributed by atoms with Gasteiger partial charge in [0.25, 0.3) is 18.3 Å². The molecule has 3 atom stereocenters. The number of halogens is 7. The van der Waals surface area contributed by atoms with Gasteiger partial charge in [-0.2, -0.15) is 13.9 Å². The lowest BCUT2D eigenvalue weighted by Gasteiger charge is -2.23. The van der Waals surface area contributed by atoms with Gasteiger partial charge in [0.1, 0.15) is 35.4 Å². The van der Waals surface area contributed by atoms with Crippen molar-refractivity contribution in [1.29, 1.82) is 0 Å². The van der Waals surface area contributed by atoms with Gasteiger partial charge < -0.3 is 11.1 Å². The third-order valence-corrected chi connectivity index (χ3v) is 8.02. The van der Waals surface area contributed by atoms with Crippen LogP contribution in [0.2, 0.25) is 0 Å². The van der Waals surface area contributed by atoms with Crippen LogP contribution in [0.5, 0.6) is 0 Å². The highest BCUT2D eigenvalue weighted by Crippen LogP contribution is 2.54. The SMILES string of the molecule is CC1[C@H](C)c2c(C(F)F)nn(CC(=O)N[C@@H](Cc3cc(F)cc(F)c3)c3ncccc3-c3ccc(F)c(C(N)=O)c3)c2C1(F)F. The van der Waals surface area contributed by atoms with Gasteiger partial charge in [-0.15, -0.1) is 0 Å². The minimum absolute atomic E-state index is 0.0838. The summed E-state index contributed by atoms with van der Waals surface area (Å²) < 4.78 is 101. The second-order valence-electron chi connectivity index (χ2n) is 10.9. The molecule has 2 heterocycles. The molecule has 4 aromatic rings. The van der Waals surface area contributed by atoms with Gasteiger partial charge >= 0.3 is 0 Å². The second kappa shape index (κ2) is 12.0. The summed E-state index contributed by atoms with van der Waals surface area (Å²) in [5.74, 6) is -10.5. The van der Waals surface area contributed by atoms with Crippen LogP contribution >= 0.6 is 0 Å². The van der Waals surface area contributed by atoms with Gasteiger partial charge in [-0.05, 0) is 53.8 Å². The zero-order chi connectivity index (χ0) is 32.8. The van der Waals surface area contributed by atoms with E-state index in [9.17, 15) is 31.5 Å². The van der Waals surface area contributed by atoms with Crippen molar-refractivity contribution in [2.24, 2.45) is 11.7 Å². The largest absolute Gasteiger partial charge is 0.366 e. The average molecular weight is 634 g/mol. The third kappa shape index (κ3) is 6.00. The van der Waals surface area contributed by atoms with Gasteiger partial charge in [0.05, 0.1) is 17.3 Å². The van der Waals surface area contributed by atoms with E-state index in [0.717, 1.165) is 18.2 Å². The number of carbonyl (C=O) groups excluding carboxylic acids is 2. The summed E-state index contributed by atoms with van der Waals surface area (Å²) in [6.07, 6.45) is -2.08. The molecule has 1 aliphatic rings. The molecule has 45 heavy (non-hydrogen) atoms. The normalized spacial score (nSPS) is 17.7. The monoisotopic (exact) mass is 633 g/mol. The molecule has 5 rings (SSSR count). The molecule has 0 saturated heterocycles. The van der Waals surface area contributed by atoms with E-state index >= 15 is 8.78 Å². The number of amides is 2. The number of aromatic nitrogens is 3. The fourth-order valence-corrected chi connectivity index (χ4v) is 5.73. The van der Waals surface area contributed by atoms with Crippen molar-refractivity contribution >= 4 is 11.8 Å². The maximum Gasteiger partial charge on any atom is 0.292 e. The molecule has 14 heteroatoms. The Morgan fingerprint density at radius 1 is 1.02 bits per heavy atom. The van der Waals surface area contributed by atoms with Crippen LogP contribution < -0.4 is 11.1 Å². The molecule has 0 bridgehead atoms. The number of fused-ring (bicyclic) bond motifs is 1. The fourth-order valence-electron chi connectivity index (χ4n) is 5.73. The Balaban J connectivity index is 1.55. The van der Waals surface area contributed by atoms with Crippen LogP contribution in [0.4, 0.5) is 30.7 Å². The van der Waals surface area contributed by atoms with Crippen LogP contribution in [-0.4, -0.2) is 26.6 Å². The summed E-state index contributed by atoms with van der Waals surface area (Å²) >= 11 is 0. The number of pyridine rings is 1. The fraction of sp³-hybridized carbons (Fsp3) is 0.290. The second-order valence-corrected chi connectivity index (χ2v) is 10.9. The van der Waals surface area contributed by atoms with E-state index in [0.29, 0.717) is 10.7 Å². The van der Waals surface area contributed by atoms with E-state index < -0.39 is 83.0 Å². The van der Waals surface area contributed by atoms with Crippen LogP contribution in [-0.2, 0) is 23.7 Å². The number of nitrogens with zero attached hydrogens (tertiary/aromatic N) is 3. The van der Waals surface area contributed by atoms with E-state index in [1.807, 2.05) is 0 Å². The van der Waals surface area contributed by atoms with Gasteiger partial charge in [0.2, 0.25) is 5.91 Å². The molecular weight excluding hydrogens is 607 g/mol. The highest BCUT2D eigenvalue weighted by Gasteiger charge is 2.55. The summed E-state index contributed by atoms with van der Waals surface area (Å²) in [5, 5.41) is 6.27. The summed E-state index contributed by atoms with van der Waals surface area (Å²) in [6, 6.07) is 8.04. The van der Waals surface area contributed by atoms with Gasteiger partial charge in [-0.1, -0.05) is 26.0 Å². The standard InChI is InChI=1S/C31H26F7N5O2/c1-14-15(2)31(37,38)28-25(14)27(29(35)36)42-43(28)13-24(44)41-23(10-16-8-18(32)12-19(33)9-16)26-20(4-3-7-40-26)17-5-6-22(34)21(11-17)30(39)45/h3-9,11-12,14-15,23,29H,10,13H2,1-2H3,(H2,39,45)(H,41,44)/t14-,15?,23-/m0/s1. The predicted octanol–water partition coefficient (Wildman–Crippen LogP) is 6.34. The van der Waals surface area contributed by atoms with E-state index in [1.54, 1.807) is 0 Å². The molecule has 2 aromatic heterocycles.